The van der Waals surface area contributed by atoms with Gasteiger partial charge in [0, 0.05) is 14.2 Å². The van der Waals surface area contributed by atoms with Gasteiger partial charge in [0.1, 0.15) is 85.6 Å². The molecule has 18 atom stereocenters. The minimum Gasteiger partial charge on any atom is -0.394 e. The molecule has 3 saturated heterocycles. The fraction of sp³-hybridized carbons (Fsp3) is 0.929. The van der Waals surface area contributed by atoms with E-state index in [0.29, 0.717) is 6.29 Å². The quantitative estimate of drug-likeness (QED) is 0.104. The fourth-order valence-corrected chi connectivity index (χ4v) is 5.57. The predicted octanol–water partition coefficient (Wildman–Crippen LogP) is -5.71. The third-order valence-electron chi connectivity index (χ3n) is 8.21. The van der Waals surface area contributed by atoms with Gasteiger partial charge < -0.3 is 93.0 Å². The van der Waals surface area contributed by atoms with E-state index in [0.717, 1.165) is 7.11 Å². The summed E-state index contributed by atoms with van der Waals surface area (Å²) in [6.07, 6.45) is -27.6. The van der Waals surface area contributed by atoms with Crippen molar-refractivity contribution in [2.45, 2.75) is 124 Å². The maximum atomic E-state index is 12.0. The minimum absolute atomic E-state index is 0.165. The number of aliphatic hydroxyl groups excluding tert-OH is 8. The van der Waals surface area contributed by atoms with Gasteiger partial charge in [-0.2, -0.15) is 0 Å². The van der Waals surface area contributed by atoms with Crippen LogP contribution in [0.3, 0.4) is 0 Å². The topological polar surface area (TPSA) is 288 Å². The van der Waals surface area contributed by atoms with E-state index in [1.54, 1.807) is 0 Å². The van der Waals surface area contributed by atoms with Crippen molar-refractivity contribution in [2.24, 2.45) is 0 Å². The summed E-state index contributed by atoms with van der Waals surface area (Å²) in [6.45, 7) is -0.129. The Morgan fingerprint density at radius 1 is 0.771 bits per heavy atom. The molecule has 2 bridgehead atoms. The Morgan fingerprint density at radius 2 is 1.42 bits per heavy atom. The van der Waals surface area contributed by atoms with Gasteiger partial charge in [0.25, 0.3) is 0 Å². The Hall–Kier alpha value is -1.38. The van der Waals surface area contributed by atoms with Crippen molar-refractivity contribution in [3.63, 3.8) is 0 Å². The summed E-state index contributed by atoms with van der Waals surface area (Å²) in [4.78, 5) is 23.4. The number of methoxy groups -OCH3 is 2. The van der Waals surface area contributed by atoms with Crippen molar-refractivity contribution in [3.05, 3.63) is 0 Å². The maximum absolute atomic E-state index is 12.0. The van der Waals surface area contributed by atoms with E-state index in [-0.39, 0.29) is 6.29 Å². The smallest absolute Gasteiger partial charge is 0.215 e. The molecule has 3 rings (SSSR count). The largest absolute Gasteiger partial charge is 0.394 e. The Balaban J connectivity index is 2.05. The van der Waals surface area contributed by atoms with Crippen molar-refractivity contribution < 1.29 is 97.8 Å². The first-order valence-electron chi connectivity index (χ1n) is 15.3. The van der Waals surface area contributed by atoms with Crippen LogP contribution in [0.15, 0.2) is 0 Å². The lowest BCUT2D eigenvalue weighted by atomic mass is 9.95. The van der Waals surface area contributed by atoms with E-state index in [1.807, 2.05) is 0 Å². The highest BCUT2D eigenvalue weighted by molar-refractivity contribution is 5.55. The summed E-state index contributed by atoms with van der Waals surface area (Å²) in [5.74, 6) is 0. The van der Waals surface area contributed by atoms with Gasteiger partial charge in [0.05, 0.1) is 32.5 Å². The fourth-order valence-electron chi connectivity index (χ4n) is 5.57. The lowest BCUT2D eigenvalue weighted by Crippen LogP contribution is -2.63. The van der Waals surface area contributed by atoms with Gasteiger partial charge >= 0.3 is 0 Å². The number of hydrogen-bond donors (Lipinski definition) is 8. The molecule has 0 amide bonds. The van der Waals surface area contributed by atoms with Crippen molar-refractivity contribution in [2.75, 3.05) is 40.6 Å². The summed E-state index contributed by atoms with van der Waals surface area (Å²) >= 11 is 0. The Labute approximate surface area is 275 Å². The number of aldehydes is 2. The first-order chi connectivity index (χ1) is 22.8. The second-order valence-corrected chi connectivity index (χ2v) is 11.5. The lowest BCUT2D eigenvalue weighted by molar-refractivity contribution is -0.352. The van der Waals surface area contributed by atoms with Crippen molar-refractivity contribution >= 4 is 12.6 Å². The third-order valence-corrected chi connectivity index (χ3v) is 8.21. The highest BCUT2D eigenvalue weighted by Crippen LogP contribution is 2.30. The van der Waals surface area contributed by atoms with E-state index in [9.17, 15) is 50.4 Å². The summed E-state index contributed by atoms with van der Waals surface area (Å²) in [6, 6.07) is 0. The number of fused-ring (bicyclic) bond motifs is 3. The van der Waals surface area contributed by atoms with Gasteiger partial charge in [-0.3, -0.25) is 4.79 Å². The first kappa shape index (κ1) is 41.0. The van der Waals surface area contributed by atoms with E-state index >= 15 is 0 Å². The summed E-state index contributed by atoms with van der Waals surface area (Å²) in [5.41, 5.74) is 0. The molecule has 3 fully saturated rings. The zero-order chi connectivity index (χ0) is 35.7. The zero-order valence-electron chi connectivity index (χ0n) is 26.9. The second-order valence-electron chi connectivity index (χ2n) is 11.5. The van der Waals surface area contributed by atoms with Crippen LogP contribution in [0.25, 0.3) is 0 Å². The van der Waals surface area contributed by atoms with Crippen LogP contribution >= 0.6 is 0 Å². The normalized spacial score (nSPS) is 45.2. The number of rotatable bonds is 9. The van der Waals surface area contributed by atoms with Crippen LogP contribution in [-0.4, -0.2) is 205 Å². The Kier molecular flexibility index (Phi) is 16.5. The molecule has 8 N–H and O–H groups in total. The first-order valence-corrected chi connectivity index (χ1v) is 15.3. The molecule has 280 valence electrons. The van der Waals surface area contributed by atoms with Gasteiger partial charge in [-0.15, -0.1) is 0 Å². The predicted molar refractivity (Wildman–Crippen MR) is 152 cm³/mol. The monoisotopic (exact) mass is 704 g/mol. The third kappa shape index (κ3) is 9.90. The SMILES string of the molecule is COC1C(O)OCC2OC(OC(C(CO)O[C@@H](C)C=O)C(O)OCC3O[C@@H](C)C(O)C(O)C3OC(C=O)OC1CO)C(O)C(O)C2OC. The van der Waals surface area contributed by atoms with Crippen LogP contribution in [0.1, 0.15) is 13.8 Å². The summed E-state index contributed by atoms with van der Waals surface area (Å²) in [7, 11) is 2.35. The zero-order valence-corrected chi connectivity index (χ0v) is 26.9. The lowest BCUT2D eigenvalue weighted by Gasteiger charge is -2.45. The number of hydrogen-bond acceptors (Lipinski definition) is 20. The molecule has 3 heterocycles. The van der Waals surface area contributed by atoms with E-state index in [4.69, 9.17) is 47.4 Å². The highest BCUT2D eigenvalue weighted by Gasteiger charge is 2.50. The van der Waals surface area contributed by atoms with Crippen LogP contribution in [-0.2, 0) is 57.0 Å². The molecular weight excluding hydrogens is 656 g/mol. The van der Waals surface area contributed by atoms with Gasteiger partial charge in [-0.05, 0) is 13.8 Å². The molecule has 0 saturated carbocycles. The molecule has 16 unspecified atom stereocenters. The van der Waals surface area contributed by atoms with Crippen LogP contribution in [0.4, 0.5) is 0 Å². The van der Waals surface area contributed by atoms with Crippen LogP contribution < -0.4 is 0 Å². The van der Waals surface area contributed by atoms with Crippen LogP contribution in [0, 0.1) is 0 Å². The van der Waals surface area contributed by atoms with Gasteiger partial charge in [-0.25, -0.2) is 0 Å². The molecule has 0 aromatic carbocycles. The number of carbonyl (C=O) groups excluding carboxylic acids is 2. The molecule has 20 heteroatoms. The van der Waals surface area contributed by atoms with E-state index in [1.165, 1.54) is 21.0 Å². The van der Waals surface area contributed by atoms with Crippen molar-refractivity contribution in [1.82, 2.24) is 0 Å². The Morgan fingerprint density at radius 3 is 2.00 bits per heavy atom. The summed E-state index contributed by atoms with van der Waals surface area (Å²) < 4.78 is 55.7. The Bertz CT molecular complexity index is 962. The standard InChI is InChI=1S/C28H48O20/c1-11(5-29)43-14(7-31)25-27(38)42-10-16-23(19(34)18(33)12(2)44-16)47-17(8-32)45-13(6-30)24(40-4)26(37)41-9-15-22(39-3)20(35)21(36)28(46-15)48-25/h5,8,11-28,30-31,33-38H,6-7,9-10H2,1-4H3/t11-,12-,13?,14?,15?,16?,17?,18?,19?,20?,21?,22?,23?,24?,25?,26?,27?,28?/m0/s1. The number of carbonyl (C=O) groups is 2. The molecule has 3 aliphatic rings. The highest BCUT2D eigenvalue weighted by atomic mass is 16.8. The maximum Gasteiger partial charge on any atom is 0.215 e. The number of ether oxygens (including phenoxy) is 10. The molecule has 20 nitrogen and oxygen atoms in total. The molecule has 3 aliphatic heterocycles. The average Bonchev–Trinajstić information content (AvgIpc) is 3.08. The van der Waals surface area contributed by atoms with E-state index in [2.05, 4.69) is 0 Å². The molecule has 0 spiro atoms. The van der Waals surface area contributed by atoms with Crippen molar-refractivity contribution in [1.29, 1.82) is 0 Å². The van der Waals surface area contributed by atoms with Crippen LogP contribution in [0.2, 0.25) is 0 Å². The molecule has 0 aliphatic carbocycles. The van der Waals surface area contributed by atoms with Gasteiger partial charge in [-0.1, -0.05) is 0 Å². The second kappa shape index (κ2) is 19.3. The van der Waals surface area contributed by atoms with Gasteiger partial charge in [0.2, 0.25) is 6.29 Å². The van der Waals surface area contributed by atoms with E-state index < -0.39 is 137 Å². The average molecular weight is 705 g/mol. The van der Waals surface area contributed by atoms with Crippen molar-refractivity contribution in [3.8, 4) is 0 Å². The number of aliphatic hydroxyl groups is 8. The van der Waals surface area contributed by atoms with Crippen LogP contribution in [0.5, 0.6) is 0 Å². The molecular formula is C28H48O20. The van der Waals surface area contributed by atoms with Gasteiger partial charge in [0.15, 0.2) is 25.2 Å². The molecule has 48 heavy (non-hydrogen) atoms. The minimum atomic E-state index is -2.06. The molecule has 0 aromatic heterocycles. The summed E-state index contributed by atoms with van der Waals surface area (Å²) in [5, 5.41) is 85.3. The molecule has 0 aromatic rings. The molecule has 0 radical (unpaired) electrons.